The van der Waals surface area contributed by atoms with E-state index in [1.165, 1.54) is 22.2 Å². The summed E-state index contributed by atoms with van der Waals surface area (Å²) in [5.41, 5.74) is 5.85. The van der Waals surface area contributed by atoms with Crippen LogP contribution in [0.2, 0.25) is 0 Å². The maximum Gasteiger partial charge on any atom is 0.188 e. The molecule has 23 heavy (non-hydrogen) atoms. The van der Waals surface area contributed by atoms with Crippen LogP contribution in [0, 0.1) is 6.07 Å². The van der Waals surface area contributed by atoms with E-state index < -0.39 is 0 Å². The topological polar surface area (TPSA) is 9.86 Å². The molecule has 2 nitrogen and oxygen atoms in total. The van der Waals surface area contributed by atoms with Gasteiger partial charge in [-0.05, 0) is 12.1 Å². The van der Waals surface area contributed by atoms with E-state index in [-0.39, 0.29) is 20.1 Å². The van der Waals surface area contributed by atoms with Crippen molar-refractivity contribution in [1.29, 1.82) is 0 Å². The molecule has 3 aromatic carbocycles. The Morgan fingerprint density at radius 2 is 1.48 bits per heavy atom. The number of hydrogen-bond donors (Lipinski definition) is 0. The summed E-state index contributed by atoms with van der Waals surface area (Å²) in [6.45, 7) is 0. The molecule has 0 aliphatic carbocycles. The number of para-hydroxylation sites is 2. The van der Waals surface area contributed by atoms with Crippen molar-refractivity contribution in [3.05, 3.63) is 85.2 Å². The molecule has 0 aliphatic heterocycles. The molecule has 0 amide bonds. The fraction of sp³-hybridized carbons (Fsp3) is 0.0500. The quantitative estimate of drug-likeness (QED) is 0.371. The smallest absolute Gasteiger partial charge is 0.188 e. The molecule has 3 heteroatoms. The van der Waals surface area contributed by atoms with Crippen molar-refractivity contribution >= 4 is 11.0 Å². The van der Waals surface area contributed by atoms with Gasteiger partial charge >= 0.3 is 0 Å². The zero-order valence-electron chi connectivity index (χ0n) is 12.7. The fourth-order valence-corrected chi connectivity index (χ4v) is 2.83. The first-order valence-corrected chi connectivity index (χ1v) is 7.36. The van der Waals surface area contributed by atoms with Gasteiger partial charge in [-0.3, -0.25) is 0 Å². The average molecular weight is 477 g/mol. The van der Waals surface area contributed by atoms with Crippen molar-refractivity contribution in [2.75, 3.05) is 0 Å². The fourth-order valence-electron chi connectivity index (χ4n) is 2.83. The molecule has 4 rings (SSSR count). The Bertz CT molecular complexity index is 925. The molecule has 0 bridgehead atoms. The van der Waals surface area contributed by atoms with Gasteiger partial charge in [-0.2, -0.15) is 12.1 Å². The summed E-state index contributed by atoms with van der Waals surface area (Å²) in [6.07, 6.45) is 2.10. The van der Waals surface area contributed by atoms with Gasteiger partial charge in [-0.25, -0.2) is 9.13 Å². The van der Waals surface area contributed by atoms with Gasteiger partial charge < -0.3 is 0 Å². The zero-order valence-corrected chi connectivity index (χ0v) is 15.1. The summed E-state index contributed by atoms with van der Waals surface area (Å²) in [7, 11) is 2.07. The van der Waals surface area contributed by atoms with E-state index in [2.05, 4.69) is 95.3 Å². The first kappa shape index (κ1) is 15.7. The van der Waals surface area contributed by atoms with Crippen molar-refractivity contribution in [2.24, 2.45) is 7.05 Å². The first-order valence-electron chi connectivity index (χ1n) is 7.36. The molecule has 1 radical (unpaired) electrons. The molecule has 115 valence electrons. The number of aryl methyl sites for hydroxylation is 1. The van der Waals surface area contributed by atoms with Crippen LogP contribution in [0.1, 0.15) is 0 Å². The van der Waals surface area contributed by atoms with Gasteiger partial charge in [0.05, 0.1) is 0 Å². The van der Waals surface area contributed by atoms with Gasteiger partial charge in [0, 0.05) is 45.0 Å². The van der Waals surface area contributed by atoms with Crippen LogP contribution in [-0.2, 0) is 27.2 Å². The zero-order chi connectivity index (χ0) is 14.9. The number of imidazole rings is 1. The molecule has 0 saturated carbocycles. The molecule has 0 atom stereocenters. The van der Waals surface area contributed by atoms with Gasteiger partial charge in [0.1, 0.15) is 0 Å². The number of rotatable bonds is 2. The van der Waals surface area contributed by atoms with Crippen molar-refractivity contribution in [2.45, 2.75) is 0 Å². The van der Waals surface area contributed by atoms with E-state index in [9.17, 15) is 0 Å². The third-order valence-electron chi connectivity index (χ3n) is 3.97. The summed E-state index contributed by atoms with van der Waals surface area (Å²) < 4.78 is 4.30. The molecule has 1 heterocycles. The van der Waals surface area contributed by atoms with Crippen LogP contribution < -0.4 is 0 Å². The standard InChI is InChI=1S/C20H16N2.Ir/c1-21-15-22(20-10-6-5-9-19(20)21)18-13-11-17(12-14-18)16-7-3-2-4-8-16;/h2-13,15H,1H3;. The minimum atomic E-state index is 0. The maximum atomic E-state index is 3.41. The first-order chi connectivity index (χ1) is 10.8. The Kier molecular flexibility index (Phi) is 4.42. The third kappa shape index (κ3) is 2.86. The Balaban J connectivity index is 0.00000156. The molecule has 0 N–H and O–H groups in total. The molecular weight excluding hydrogens is 460 g/mol. The summed E-state index contributed by atoms with van der Waals surface area (Å²) >= 11 is 0. The van der Waals surface area contributed by atoms with Gasteiger partial charge in [-0.1, -0.05) is 35.9 Å². The minimum absolute atomic E-state index is 0. The summed E-state index contributed by atoms with van der Waals surface area (Å²) in [6, 6.07) is 28.5. The van der Waals surface area contributed by atoms with Gasteiger partial charge in [0.2, 0.25) is 0 Å². The second-order valence-electron chi connectivity index (χ2n) is 5.41. The van der Waals surface area contributed by atoms with Crippen molar-refractivity contribution in [3.8, 4) is 16.8 Å². The van der Waals surface area contributed by atoms with Gasteiger partial charge in [0.15, 0.2) is 17.4 Å². The molecule has 4 aromatic rings. The Morgan fingerprint density at radius 3 is 2.17 bits per heavy atom. The van der Waals surface area contributed by atoms with Crippen LogP contribution in [0.5, 0.6) is 0 Å². The van der Waals surface area contributed by atoms with Crippen LogP contribution >= 0.6 is 0 Å². The van der Waals surface area contributed by atoms with Crippen LogP contribution in [0.25, 0.3) is 27.8 Å². The number of aromatic nitrogens is 2. The van der Waals surface area contributed by atoms with Gasteiger partial charge in [-0.15, -0.1) is 17.7 Å². The van der Waals surface area contributed by atoms with E-state index in [0.717, 1.165) is 5.69 Å². The second kappa shape index (κ2) is 6.49. The van der Waals surface area contributed by atoms with Crippen LogP contribution in [0.3, 0.4) is 0 Å². The monoisotopic (exact) mass is 477 g/mol. The van der Waals surface area contributed by atoms with Crippen molar-refractivity contribution in [1.82, 2.24) is 9.13 Å². The summed E-state index contributed by atoms with van der Waals surface area (Å²) in [5.74, 6) is 0. The van der Waals surface area contributed by atoms with Crippen LogP contribution in [-0.4, -0.2) is 9.13 Å². The largest absolute Gasteiger partial charge is 0.248 e. The van der Waals surface area contributed by atoms with Crippen LogP contribution in [0.15, 0.2) is 79.1 Å². The predicted molar refractivity (Wildman–Crippen MR) is 90.9 cm³/mol. The van der Waals surface area contributed by atoms with Crippen LogP contribution in [0.4, 0.5) is 0 Å². The predicted octanol–water partition coefficient (Wildman–Crippen LogP) is 4.71. The molecular formula is C20H16IrN2. The molecule has 0 saturated heterocycles. The van der Waals surface area contributed by atoms with Crippen molar-refractivity contribution < 1.29 is 20.1 Å². The Labute approximate surface area is 149 Å². The second-order valence-corrected chi connectivity index (χ2v) is 5.41. The minimum Gasteiger partial charge on any atom is -0.248 e. The molecule has 0 spiro atoms. The van der Waals surface area contributed by atoms with E-state index in [1.807, 2.05) is 6.07 Å². The Morgan fingerprint density at radius 1 is 0.783 bits per heavy atom. The van der Waals surface area contributed by atoms with E-state index >= 15 is 0 Å². The van der Waals surface area contributed by atoms with E-state index in [0.29, 0.717) is 0 Å². The summed E-state index contributed by atoms with van der Waals surface area (Å²) in [5, 5.41) is 0. The van der Waals surface area contributed by atoms with Crippen molar-refractivity contribution in [3.63, 3.8) is 0 Å². The molecule has 0 aliphatic rings. The summed E-state index contributed by atoms with van der Waals surface area (Å²) in [4.78, 5) is 0. The normalized spacial score (nSPS) is 10.5. The van der Waals surface area contributed by atoms with E-state index in [1.54, 1.807) is 0 Å². The molecule has 0 unspecified atom stereocenters. The SMILES string of the molecule is Cn1[cH+]n(-c2[c-]cc(-c3ccccc3)cc2)c2ccccc21.[Ir]. The number of fused-ring (bicyclic) bond motifs is 1. The third-order valence-corrected chi connectivity index (χ3v) is 3.97. The van der Waals surface area contributed by atoms with Gasteiger partial charge in [0.25, 0.3) is 0 Å². The maximum absolute atomic E-state index is 3.41. The number of benzene rings is 3. The number of hydrogen-bond acceptors (Lipinski definition) is 0. The average Bonchev–Trinajstić information content (AvgIpc) is 2.93. The number of nitrogens with zero attached hydrogens (tertiary/aromatic N) is 2. The molecule has 1 aromatic heterocycles. The molecule has 0 fully saturated rings. The van der Waals surface area contributed by atoms with E-state index in [4.69, 9.17) is 0 Å². The Hall–Kier alpha value is -2.22.